The maximum absolute atomic E-state index is 12.9. The fraction of sp³-hybridized carbons (Fsp3) is 0.0526. The summed E-state index contributed by atoms with van der Waals surface area (Å²) in [6.45, 7) is 0. The Bertz CT molecular complexity index is 1270. The van der Waals surface area contributed by atoms with E-state index < -0.39 is 17.8 Å². The van der Waals surface area contributed by atoms with E-state index in [1.807, 2.05) is 6.07 Å². The van der Waals surface area contributed by atoms with Gasteiger partial charge >= 0.3 is 6.18 Å². The summed E-state index contributed by atoms with van der Waals surface area (Å²) >= 11 is 0. The maximum Gasteiger partial charge on any atom is 0.434 e. The molecule has 4 rings (SSSR count). The molecular formula is C19H12F3N7O. The maximum atomic E-state index is 12.9. The number of fused-ring (bicyclic) bond motifs is 1. The predicted molar refractivity (Wildman–Crippen MR) is 101 cm³/mol. The van der Waals surface area contributed by atoms with Crippen LogP contribution in [0.2, 0.25) is 0 Å². The van der Waals surface area contributed by atoms with Gasteiger partial charge in [-0.15, -0.1) is 0 Å². The summed E-state index contributed by atoms with van der Waals surface area (Å²) < 4.78 is 40.1. The van der Waals surface area contributed by atoms with Crippen LogP contribution in [0.1, 0.15) is 21.7 Å². The van der Waals surface area contributed by atoms with Crippen LogP contribution >= 0.6 is 0 Å². The van der Waals surface area contributed by atoms with Crippen molar-refractivity contribution in [1.82, 2.24) is 19.6 Å². The molecule has 0 saturated heterocycles. The first-order valence-corrected chi connectivity index (χ1v) is 8.53. The number of H-pyrrole nitrogens is 1. The molecule has 3 heterocycles. The molecule has 0 aliphatic rings. The summed E-state index contributed by atoms with van der Waals surface area (Å²) in [6.07, 6.45) is -2.29. The molecule has 8 nitrogen and oxygen atoms in total. The Balaban J connectivity index is 1.52. The van der Waals surface area contributed by atoms with Crippen molar-refractivity contribution in [3.05, 3.63) is 71.8 Å². The summed E-state index contributed by atoms with van der Waals surface area (Å²) in [7, 11) is 0. The highest BCUT2D eigenvalue weighted by atomic mass is 19.4. The molecule has 0 aliphatic carbocycles. The van der Waals surface area contributed by atoms with Crippen molar-refractivity contribution in [2.24, 2.45) is 0 Å². The Labute approximate surface area is 167 Å². The van der Waals surface area contributed by atoms with E-state index in [-0.39, 0.29) is 16.9 Å². The number of aromatic nitrogens is 4. The highest BCUT2D eigenvalue weighted by molar-refractivity contribution is 6.05. The van der Waals surface area contributed by atoms with Crippen molar-refractivity contribution >= 4 is 28.7 Å². The zero-order valence-corrected chi connectivity index (χ0v) is 15.0. The number of nitrogens with zero attached hydrogens (tertiary/aromatic N) is 4. The first-order chi connectivity index (χ1) is 14.3. The molecule has 0 bridgehead atoms. The van der Waals surface area contributed by atoms with Gasteiger partial charge in [-0.25, -0.2) is 4.98 Å². The number of rotatable bonds is 4. The van der Waals surface area contributed by atoms with Gasteiger partial charge in [0.25, 0.3) is 5.91 Å². The zero-order chi connectivity index (χ0) is 21.3. The second kappa shape index (κ2) is 7.25. The second-order valence-electron chi connectivity index (χ2n) is 6.18. The summed E-state index contributed by atoms with van der Waals surface area (Å²) in [5.41, 5.74) is 0.333. The lowest BCUT2D eigenvalue weighted by molar-refractivity contribution is -0.140. The van der Waals surface area contributed by atoms with Crippen LogP contribution in [0.15, 0.2) is 54.9 Å². The van der Waals surface area contributed by atoms with Gasteiger partial charge in [-0.05, 0) is 36.4 Å². The number of pyridine rings is 1. The van der Waals surface area contributed by atoms with E-state index in [2.05, 4.69) is 25.8 Å². The van der Waals surface area contributed by atoms with Gasteiger partial charge in [-0.3, -0.25) is 14.3 Å². The van der Waals surface area contributed by atoms with Crippen molar-refractivity contribution < 1.29 is 18.0 Å². The molecule has 0 radical (unpaired) electrons. The van der Waals surface area contributed by atoms with Crippen LogP contribution in [0.25, 0.3) is 5.65 Å². The quantitative estimate of drug-likeness (QED) is 0.471. The number of anilines is 3. The molecule has 3 aromatic heterocycles. The molecule has 4 aromatic rings. The lowest BCUT2D eigenvalue weighted by atomic mass is 10.2. The van der Waals surface area contributed by atoms with Crippen molar-refractivity contribution in [2.75, 3.05) is 10.6 Å². The molecule has 0 saturated carbocycles. The molecule has 1 aromatic carbocycles. The number of alkyl halides is 3. The molecule has 150 valence electrons. The third-order valence-electron chi connectivity index (χ3n) is 4.19. The van der Waals surface area contributed by atoms with Gasteiger partial charge in [0.15, 0.2) is 11.4 Å². The van der Waals surface area contributed by atoms with Crippen LogP contribution in [0.5, 0.6) is 0 Å². The Morgan fingerprint density at radius 2 is 1.87 bits per heavy atom. The SMILES string of the molecule is N#Cc1n[nH]cc1C(=O)Nc1ccc(Nc2cccc3nc(C(F)(F)F)cn23)cc1. The number of carbonyl (C=O) groups excluding carboxylic acids is 1. The normalized spacial score (nSPS) is 11.3. The van der Waals surface area contributed by atoms with Crippen LogP contribution in [0.4, 0.5) is 30.4 Å². The van der Waals surface area contributed by atoms with Gasteiger partial charge in [-0.2, -0.15) is 23.5 Å². The highest BCUT2D eigenvalue weighted by Crippen LogP contribution is 2.30. The first-order valence-electron chi connectivity index (χ1n) is 8.53. The topological polar surface area (TPSA) is 111 Å². The smallest absolute Gasteiger partial charge is 0.341 e. The standard InChI is InChI=1S/C19H12F3N7O/c20-19(21,22)15-10-29-16(2-1-3-17(29)27-15)25-11-4-6-12(7-5-11)26-18(30)13-9-24-28-14(13)8-23/h1-7,9-10,25H,(H,24,28)(H,26,30). The van der Waals surface area contributed by atoms with Crippen molar-refractivity contribution in [1.29, 1.82) is 5.26 Å². The molecule has 0 spiro atoms. The predicted octanol–water partition coefficient (Wildman–Crippen LogP) is 3.94. The molecule has 1 amide bonds. The number of nitriles is 1. The minimum absolute atomic E-state index is 0.0163. The number of benzene rings is 1. The summed E-state index contributed by atoms with van der Waals surface area (Å²) in [5, 5.41) is 20.7. The van der Waals surface area contributed by atoms with Crippen LogP contribution < -0.4 is 10.6 Å². The van der Waals surface area contributed by atoms with Gasteiger partial charge < -0.3 is 10.6 Å². The largest absolute Gasteiger partial charge is 0.434 e. The molecular weight excluding hydrogens is 399 g/mol. The van der Waals surface area contributed by atoms with E-state index in [0.29, 0.717) is 17.2 Å². The molecule has 30 heavy (non-hydrogen) atoms. The van der Waals surface area contributed by atoms with E-state index >= 15 is 0 Å². The third-order valence-corrected chi connectivity index (χ3v) is 4.19. The van der Waals surface area contributed by atoms with Crippen LogP contribution in [0, 0.1) is 11.3 Å². The van der Waals surface area contributed by atoms with Gasteiger partial charge in [0, 0.05) is 23.8 Å². The fourth-order valence-electron chi connectivity index (χ4n) is 2.78. The molecule has 0 unspecified atom stereocenters. The Kier molecular flexibility index (Phi) is 4.59. The average molecular weight is 411 g/mol. The number of aromatic amines is 1. The number of halogens is 3. The lowest BCUT2D eigenvalue weighted by Crippen LogP contribution is -2.12. The number of imidazole rings is 1. The highest BCUT2D eigenvalue weighted by Gasteiger charge is 2.34. The minimum atomic E-state index is -4.54. The lowest BCUT2D eigenvalue weighted by Gasteiger charge is -2.10. The van der Waals surface area contributed by atoms with Crippen LogP contribution in [-0.4, -0.2) is 25.5 Å². The average Bonchev–Trinajstić information content (AvgIpc) is 3.36. The minimum Gasteiger partial charge on any atom is -0.341 e. The van der Waals surface area contributed by atoms with Gasteiger partial charge in [0.1, 0.15) is 17.5 Å². The second-order valence-corrected chi connectivity index (χ2v) is 6.18. The van der Waals surface area contributed by atoms with E-state index in [1.165, 1.54) is 16.7 Å². The van der Waals surface area contributed by atoms with E-state index in [0.717, 1.165) is 6.20 Å². The number of nitrogens with one attached hydrogen (secondary N) is 3. The summed E-state index contributed by atoms with van der Waals surface area (Å²) in [4.78, 5) is 15.8. The van der Waals surface area contributed by atoms with Gasteiger partial charge in [0.2, 0.25) is 0 Å². The van der Waals surface area contributed by atoms with E-state index in [9.17, 15) is 18.0 Å². The summed E-state index contributed by atoms with van der Waals surface area (Å²) in [5.74, 6) is -0.104. The van der Waals surface area contributed by atoms with Crippen molar-refractivity contribution in [2.45, 2.75) is 6.18 Å². The first kappa shape index (κ1) is 19.0. The van der Waals surface area contributed by atoms with Crippen molar-refractivity contribution in [3.8, 4) is 6.07 Å². The van der Waals surface area contributed by atoms with Crippen molar-refractivity contribution in [3.63, 3.8) is 0 Å². The Hall–Kier alpha value is -4.33. The number of hydrogen-bond donors (Lipinski definition) is 3. The van der Waals surface area contributed by atoms with E-state index in [4.69, 9.17) is 5.26 Å². The number of amides is 1. The molecule has 3 N–H and O–H groups in total. The third kappa shape index (κ3) is 3.66. The fourth-order valence-corrected chi connectivity index (χ4v) is 2.78. The molecule has 0 atom stereocenters. The Morgan fingerprint density at radius 3 is 2.57 bits per heavy atom. The Morgan fingerprint density at radius 1 is 1.13 bits per heavy atom. The van der Waals surface area contributed by atoms with Crippen LogP contribution in [-0.2, 0) is 6.18 Å². The zero-order valence-electron chi connectivity index (χ0n) is 15.0. The number of hydrogen-bond acceptors (Lipinski definition) is 5. The molecule has 11 heteroatoms. The van der Waals surface area contributed by atoms with E-state index in [1.54, 1.807) is 36.4 Å². The van der Waals surface area contributed by atoms with Gasteiger partial charge in [0.05, 0.1) is 5.56 Å². The monoisotopic (exact) mass is 411 g/mol. The van der Waals surface area contributed by atoms with Crippen LogP contribution in [0.3, 0.4) is 0 Å². The number of carbonyl (C=O) groups is 1. The molecule has 0 fully saturated rings. The summed E-state index contributed by atoms with van der Waals surface area (Å²) in [6, 6.07) is 13.0. The van der Waals surface area contributed by atoms with Gasteiger partial charge in [-0.1, -0.05) is 6.07 Å². The molecule has 0 aliphatic heterocycles.